The molecule has 4 atom stereocenters. The Morgan fingerprint density at radius 1 is 1.06 bits per heavy atom. The Labute approximate surface area is 215 Å². The number of halogens is 2. The van der Waals surface area contributed by atoms with E-state index in [-0.39, 0.29) is 18.1 Å². The first-order valence-corrected chi connectivity index (χ1v) is 13.1. The van der Waals surface area contributed by atoms with Crippen molar-refractivity contribution < 1.29 is 9.59 Å². The standard InChI is InChI=1S/C26H31Cl2N5O2/c1-24-8-15-9-25(2,12-24)14-26(10-15,13-24)30-23(35)32-5-6-33-19(11-32)20(22(29)34)21(31-33)16-3-4-17(27)18(28)7-16/h3-4,7,15H,5-6,8-14H2,1-2H3,(H2,29,34)(H,30,35)/t15-,24+,25-,26+. The molecular weight excluding hydrogens is 485 g/mol. The predicted octanol–water partition coefficient (Wildman–Crippen LogP) is 5.23. The minimum absolute atomic E-state index is 0.0573. The Kier molecular flexibility index (Phi) is 5.05. The number of urea groups is 1. The van der Waals surface area contributed by atoms with E-state index in [0.717, 1.165) is 19.3 Å². The second-order valence-electron chi connectivity index (χ2n) is 12.1. The summed E-state index contributed by atoms with van der Waals surface area (Å²) in [6, 6.07) is 5.07. The molecule has 0 saturated heterocycles. The van der Waals surface area contributed by atoms with Gasteiger partial charge in [-0.05, 0) is 67.4 Å². The lowest BCUT2D eigenvalue weighted by molar-refractivity contribution is -0.114. The second-order valence-corrected chi connectivity index (χ2v) is 13.0. The molecule has 7 nitrogen and oxygen atoms in total. The Morgan fingerprint density at radius 3 is 2.40 bits per heavy atom. The molecule has 1 aromatic heterocycles. The Morgan fingerprint density at radius 2 is 1.77 bits per heavy atom. The third kappa shape index (κ3) is 3.82. The number of hydrogen-bond acceptors (Lipinski definition) is 3. The van der Waals surface area contributed by atoms with Gasteiger partial charge in [0, 0.05) is 17.6 Å². The van der Waals surface area contributed by atoms with Crippen molar-refractivity contribution in [2.24, 2.45) is 22.5 Å². The van der Waals surface area contributed by atoms with Crippen LogP contribution in [0.5, 0.6) is 0 Å². The molecule has 0 unspecified atom stereocenters. The van der Waals surface area contributed by atoms with Crippen LogP contribution in [0.3, 0.4) is 0 Å². The van der Waals surface area contributed by atoms with Crippen molar-refractivity contribution >= 4 is 35.1 Å². The maximum absolute atomic E-state index is 13.6. The van der Waals surface area contributed by atoms with Crippen LogP contribution in [0.1, 0.15) is 68.4 Å². The molecule has 4 saturated carbocycles. The molecule has 2 aromatic rings. The number of nitrogens with two attached hydrogens (primary N) is 1. The van der Waals surface area contributed by atoms with Gasteiger partial charge in [-0.25, -0.2) is 4.79 Å². The molecule has 4 bridgehead atoms. The molecule has 1 aliphatic heterocycles. The van der Waals surface area contributed by atoms with Gasteiger partial charge in [-0.1, -0.05) is 43.1 Å². The van der Waals surface area contributed by atoms with Crippen LogP contribution in [0.2, 0.25) is 10.0 Å². The van der Waals surface area contributed by atoms with E-state index < -0.39 is 5.91 Å². The van der Waals surface area contributed by atoms with E-state index in [1.807, 2.05) is 0 Å². The van der Waals surface area contributed by atoms with Gasteiger partial charge >= 0.3 is 6.03 Å². The van der Waals surface area contributed by atoms with Crippen molar-refractivity contribution in [1.82, 2.24) is 20.0 Å². The lowest BCUT2D eigenvalue weighted by Crippen LogP contribution is -2.66. The summed E-state index contributed by atoms with van der Waals surface area (Å²) in [5, 5.41) is 8.95. The fourth-order valence-corrected chi connectivity index (χ4v) is 8.79. The first kappa shape index (κ1) is 23.2. The van der Waals surface area contributed by atoms with Crippen LogP contribution < -0.4 is 11.1 Å². The number of aromatic nitrogens is 2. The van der Waals surface area contributed by atoms with Crippen LogP contribution in [0.15, 0.2) is 18.2 Å². The molecule has 1 aromatic carbocycles. The highest BCUT2D eigenvalue weighted by atomic mass is 35.5. The van der Waals surface area contributed by atoms with Gasteiger partial charge in [0.2, 0.25) is 0 Å². The first-order chi connectivity index (χ1) is 16.5. The highest BCUT2D eigenvalue weighted by molar-refractivity contribution is 6.42. The Bertz CT molecular complexity index is 1240. The highest BCUT2D eigenvalue weighted by Gasteiger charge is 2.60. The summed E-state index contributed by atoms with van der Waals surface area (Å²) >= 11 is 12.3. The van der Waals surface area contributed by atoms with Gasteiger partial charge in [0.25, 0.3) is 5.91 Å². The highest BCUT2D eigenvalue weighted by Crippen LogP contribution is 2.66. The average molecular weight is 516 g/mol. The average Bonchev–Trinajstić information content (AvgIpc) is 3.11. The largest absolute Gasteiger partial charge is 0.365 e. The number of carbonyl (C=O) groups excluding carboxylic acids is 2. The van der Waals surface area contributed by atoms with Gasteiger partial charge in [0.1, 0.15) is 5.69 Å². The molecule has 186 valence electrons. The molecule has 3 amide bonds. The summed E-state index contributed by atoms with van der Waals surface area (Å²) in [5.41, 5.74) is 8.43. The molecule has 0 radical (unpaired) electrons. The summed E-state index contributed by atoms with van der Waals surface area (Å²) in [7, 11) is 0. The molecular formula is C26H31Cl2N5O2. The van der Waals surface area contributed by atoms with Crippen LogP contribution in [0, 0.1) is 16.7 Å². The third-order valence-electron chi connectivity index (χ3n) is 8.71. The first-order valence-electron chi connectivity index (χ1n) is 12.4. The number of nitrogens with zero attached hydrogens (tertiary/aromatic N) is 3. The normalized spacial score (nSPS) is 33.0. The van der Waals surface area contributed by atoms with Crippen molar-refractivity contribution in [3.05, 3.63) is 39.5 Å². The van der Waals surface area contributed by atoms with Crippen LogP contribution >= 0.6 is 23.2 Å². The molecule has 3 N–H and O–H groups in total. The van der Waals surface area contributed by atoms with Crippen LogP contribution in [-0.2, 0) is 13.1 Å². The Hall–Kier alpha value is -2.25. The fourth-order valence-electron chi connectivity index (χ4n) is 8.49. The van der Waals surface area contributed by atoms with Gasteiger partial charge in [0.05, 0.1) is 34.4 Å². The zero-order valence-corrected chi connectivity index (χ0v) is 21.7. The fraction of sp³-hybridized carbons (Fsp3) is 0.577. The number of carbonyl (C=O) groups is 2. The number of primary amides is 1. The van der Waals surface area contributed by atoms with E-state index in [1.165, 1.54) is 19.3 Å². The monoisotopic (exact) mass is 515 g/mol. The van der Waals surface area contributed by atoms with Crippen molar-refractivity contribution in [2.75, 3.05) is 6.54 Å². The summed E-state index contributed by atoms with van der Waals surface area (Å²) in [5.74, 6) is 0.121. The van der Waals surface area contributed by atoms with Crippen LogP contribution in [-0.4, -0.2) is 38.7 Å². The van der Waals surface area contributed by atoms with Gasteiger partial charge in [-0.15, -0.1) is 0 Å². The van der Waals surface area contributed by atoms with Gasteiger partial charge in [-0.3, -0.25) is 9.48 Å². The summed E-state index contributed by atoms with van der Waals surface area (Å²) in [6.45, 7) is 6.11. The predicted molar refractivity (Wildman–Crippen MR) is 135 cm³/mol. The van der Waals surface area contributed by atoms with Gasteiger partial charge < -0.3 is 16.0 Å². The minimum Gasteiger partial charge on any atom is -0.365 e. The number of benzene rings is 1. The zero-order valence-electron chi connectivity index (χ0n) is 20.2. The number of amides is 3. The topological polar surface area (TPSA) is 93.2 Å². The molecule has 5 aliphatic rings. The lowest BCUT2D eigenvalue weighted by Gasteiger charge is -2.65. The molecule has 9 heteroatoms. The summed E-state index contributed by atoms with van der Waals surface area (Å²) in [4.78, 5) is 27.9. The van der Waals surface area contributed by atoms with Gasteiger partial charge in [0.15, 0.2) is 0 Å². The lowest BCUT2D eigenvalue weighted by atomic mass is 9.43. The van der Waals surface area contributed by atoms with E-state index in [1.54, 1.807) is 27.8 Å². The number of hydrogen-bond donors (Lipinski definition) is 2. The van der Waals surface area contributed by atoms with Crippen molar-refractivity contribution in [3.63, 3.8) is 0 Å². The molecule has 7 rings (SSSR count). The van der Waals surface area contributed by atoms with Crippen molar-refractivity contribution in [3.8, 4) is 11.3 Å². The Balaban J connectivity index is 1.27. The summed E-state index contributed by atoms with van der Waals surface area (Å²) in [6.07, 6.45) is 7.00. The van der Waals surface area contributed by atoms with E-state index in [4.69, 9.17) is 28.9 Å². The number of rotatable bonds is 3. The SMILES string of the molecule is C[C@]12C[C@@H]3C[C@](C)(C1)C[C@](NC(=O)N1CCn4nc(-c5ccc(Cl)c(Cl)c5)c(C(N)=O)c4C1)(C3)C2. The van der Waals surface area contributed by atoms with E-state index in [9.17, 15) is 9.59 Å². The maximum atomic E-state index is 13.6. The van der Waals surface area contributed by atoms with E-state index >= 15 is 0 Å². The smallest absolute Gasteiger partial charge is 0.318 e. The second kappa shape index (κ2) is 7.62. The van der Waals surface area contributed by atoms with E-state index in [2.05, 4.69) is 24.3 Å². The molecule has 4 fully saturated rings. The molecule has 2 heterocycles. The van der Waals surface area contributed by atoms with Crippen molar-refractivity contribution in [2.45, 2.75) is 71.0 Å². The van der Waals surface area contributed by atoms with E-state index in [0.29, 0.717) is 62.4 Å². The number of fused-ring (bicyclic) bond motifs is 1. The van der Waals surface area contributed by atoms with Crippen LogP contribution in [0.4, 0.5) is 4.79 Å². The maximum Gasteiger partial charge on any atom is 0.318 e. The quantitative estimate of drug-likeness (QED) is 0.585. The number of nitrogens with one attached hydrogen (secondary N) is 1. The minimum atomic E-state index is -0.573. The van der Waals surface area contributed by atoms with Crippen molar-refractivity contribution in [1.29, 1.82) is 0 Å². The zero-order chi connectivity index (χ0) is 24.8. The summed E-state index contributed by atoms with van der Waals surface area (Å²) < 4.78 is 1.79. The molecule has 35 heavy (non-hydrogen) atoms. The van der Waals surface area contributed by atoms with Crippen LogP contribution in [0.25, 0.3) is 11.3 Å². The third-order valence-corrected chi connectivity index (χ3v) is 9.44. The van der Waals surface area contributed by atoms with Gasteiger partial charge in [-0.2, -0.15) is 5.10 Å². The molecule has 0 spiro atoms. The molecule has 4 aliphatic carbocycles.